The second kappa shape index (κ2) is 12.4. The van der Waals surface area contributed by atoms with Crippen LogP contribution in [0.2, 0.25) is 5.02 Å². The quantitative estimate of drug-likeness (QED) is 0.530. The van der Waals surface area contributed by atoms with Gasteiger partial charge in [0.2, 0.25) is 5.91 Å². The summed E-state index contributed by atoms with van der Waals surface area (Å²) in [5.74, 6) is 0.251. The topological polar surface area (TPSA) is 58.6 Å². The molecule has 0 aliphatic carbocycles. The van der Waals surface area contributed by atoms with Gasteiger partial charge in [0, 0.05) is 17.6 Å². The van der Waals surface area contributed by atoms with Crippen LogP contribution in [0.1, 0.15) is 51.7 Å². The molecule has 2 rings (SSSR count). The second-order valence-electron chi connectivity index (χ2n) is 7.68. The Kier molecular flexibility index (Phi) is 9.86. The minimum absolute atomic E-state index is 0.0439. The molecule has 6 heteroatoms. The SMILES string of the molecule is CCc1ccc(OCC(=O)N(Cc2ccc(Cl)cc2)[C@@H](CC)C(=O)N[C@H](C)CC)cc1. The van der Waals surface area contributed by atoms with Crippen LogP contribution in [0.3, 0.4) is 0 Å². The highest BCUT2D eigenvalue weighted by Gasteiger charge is 2.29. The van der Waals surface area contributed by atoms with Crippen molar-refractivity contribution in [2.24, 2.45) is 0 Å². The first kappa shape index (κ1) is 24.7. The number of nitrogens with zero attached hydrogens (tertiary/aromatic N) is 1. The van der Waals surface area contributed by atoms with Gasteiger partial charge in [0.25, 0.3) is 5.91 Å². The molecular formula is C25H33ClN2O3. The number of carbonyl (C=O) groups excluding carboxylic acids is 2. The third kappa shape index (κ3) is 7.59. The molecule has 0 fully saturated rings. The second-order valence-corrected chi connectivity index (χ2v) is 8.11. The lowest BCUT2D eigenvalue weighted by Gasteiger charge is -2.31. The van der Waals surface area contributed by atoms with Crippen LogP contribution >= 0.6 is 11.6 Å². The van der Waals surface area contributed by atoms with Gasteiger partial charge in [-0.25, -0.2) is 0 Å². The van der Waals surface area contributed by atoms with E-state index in [9.17, 15) is 9.59 Å². The Morgan fingerprint density at radius 1 is 0.968 bits per heavy atom. The summed E-state index contributed by atoms with van der Waals surface area (Å²) >= 11 is 6.00. The predicted octanol–water partition coefficient (Wildman–Crippen LogP) is 5.00. The number of nitrogens with one attached hydrogen (secondary N) is 1. The van der Waals surface area contributed by atoms with Gasteiger partial charge in [-0.1, -0.05) is 56.6 Å². The van der Waals surface area contributed by atoms with E-state index in [2.05, 4.69) is 12.2 Å². The van der Waals surface area contributed by atoms with E-state index in [1.807, 2.05) is 57.2 Å². The normalized spacial score (nSPS) is 12.7. The van der Waals surface area contributed by atoms with Crippen LogP contribution in [-0.2, 0) is 22.6 Å². The van der Waals surface area contributed by atoms with E-state index in [4.69, 9.17) is 16.3 Å². The molecule has 0 aliphatic rings. The predicted molar refractivity (Wildman–Crippen MR) is 125 cm³/mol. The molecule has 0 bridgehead atoms. The Morgan fingerprint density at radius 2 is 1.58 bits per heavy atom. The largest absolute Gasteiger partial charge is 0.484 e. The number of halogens is 1. The summed E-state index contributed by atoms with van der Waals surface area (Å²) in [4.78, 5) is 27.7. The summed E-state index contributed by atoms with van der Waals surface area (Å²) < 4.78 is 5.74. The Balaban J connectivity index is 2.18. The number of carbonyl (C=O) groups is 2. The molecule has 2 atom stereocenters. The molecule has 1 N–H and O–H groups in total. The van der Waals surface area contributed by atoms with Gasteiger partial charge in [-0.2, -0.15) is 0 Å². The van der Waals surface area contributed by atoms with Gasteiger partial charge in [-0.05, 0) is 61.6 Å². The van der Waals surface area contributed by atoms with E-state index in [0.717, 1.165) is 18.4 Å². The lowest BCUT2D eigenvalue weighted by Crippen LogP contribution is -2.51. The Bertz CT molecular complexity index is 837. The van der Waals surface area contributed by atoms with Crippen molar-refractivity contribution in [2.45, 2.75) is 65.6 Å². The molecule has 0 unspecified atom stereocenters. The molecule has 0 aromatic heterocycles. The van der Waals surface area contributed by atoms with Crippen LogP contribution in [0.5, 0.6) is 5.75 Å². The summed E-state index contributed by atoms with van der Waals surface area (Å²) in [6, 6.07) is 14.5. The standard InChI is InChI=1S/C25H33ClN2O3/c1-5-18(4)27-25(30)23(7-3)28(16-20-8-12-21(26)13-9-20)24(29)17-31-22-14-10-19(6-2)11-15-22/h8-15,18,23H,5-7,16-17H2,1-4H3,(H,27,30)/t18-,23+/m1/s1. The van der Waals surface area contributed by atoms with Gasteiger partial charge >= 0.3 is 0 Å². The number of benzene rings is 2. The number of hydrogen-bond acceptors (Lipinski definition) is 3. The smallest absolute Gasteiger partial charge is 0.261 e. The fourth-order valence-corrected chi connectivity index (χ4v) is 3.32. The Morgan fingerprint density at radius 3 is 2.13 bits per heavy atom. The maximum atomic E-state index is 13.2. The summed E-state index contributed by atoms with van der Waals surface area (Å²) in [5.41, 5.74) is 2.11. The summed E-state index contributed by atoms with van der Waals surface area (Å²) in [6.07, 6.45) is 2.27. The number of amides is 2. The van der Waals surface area contributed by atoms with Crippen LogP contribution in [0, 0.1) is 0 Å². The average Bonchev–Trinajstić information content (AvgIpc) is 2.78. The van der Waals surface area contributed by atoms with E-state index in [-0.39, 0.29) is 24.5 Å². The van der Waals surface area contributed by atoms with Gasteiger partial charge in [-0.15, -0.1) is 0 Å². The van der Waals surface area contributed by atoms with Crippen molar-refractivity contribution in [3.05, 3.63) is 64.7 Å². The number of hydrogen-bond donors (Lipinski definition) is 1. The van der Waals surface area contributed by atoms with E-state index < -0.39 is 6.04 Å². The van der Waals surface area contributed by atoms with Crippen LogP contribution in [0.4, 0.5) is 0 Å². The highest BCUT2D eigenvalue weighted by atomic mass is 35.5. The van der Waals surface area contributed by atoms with Crippen LogP contribution in [-0.4, -0.2) is 35.4 Å². The van der Waals surface area contributed by atoms with Gasteiger partial charge in [-0.3, -0.25) is 9.59 Å². The molecule has 2 aromatic rings. The molecule has 31 heavy (non-hydrogen) atoms. The monoisotopic (exact) mass is 444 g/mol. The first-order valence-corrected chi connectivity index (χ1v) is 11.3. The van der Waals surface area contributed by atoms with E-state index in [1.54, 1.807) is 17.0 Å². The minimum atomic E-state index is -0.580. The zero-order chi connectivity index (χ0) is 22.8. The molecule has 5 nitrogen and oxygen atoms in total. The molecular weight excluding hydrogens is 412 g/mol. The maximum Gasteiger partial charge on any atom is 0.261 e. The lowest BCUT2D eigenvalue weighted by molar-refractivity contribution is -0.143. The Hall–Kier alpha value is -2.53. The van der Waals surface area contributed by atoms with Crippen LogP contribution in [0.25, 0.3) is 0 Å². The number of aryl methyl sites for hydroxylation is 1. The van der Waals surface area contributed by atoms with E-state index >= 15 is 0 Å². The van der Waals surface area contributed by atoms with Crippen molar-refractivity contribution < 1.29 is 14.3 Å². The first-order chi connectivity index (χ1) is 14.9. The molecule has 0 heterocycles. The Labute approximate surface area is 190 Å². The van der Waals surface area contributed by atoms with Crippen molar-refractivity contribution in [3.63, 3.8) is 0 Å². The third-order valence-electron chi connectivity index (χ3n) is 5.35. The van der Waals surface area contributed by atoms with Gasteiger partial charge in [0.05, 0.1) is 0 Å². The van der Waals surface area contributed by atoms with Crippen molar-refractivity contribution >= 4 is 23.4 Å². The fourth-order valence-electron chi connectivity index (χ4n) is 3.20. The van der Waals surface area contributed by atoms with Gasteiger partial charge in [0.15, 0.2) is 6.61 Å². The molecule has 0 spiro atoms. The number of rotatable bonds is 11. The molecule has 168 valence electrons. The highest BCUT2D eigenvalue weighted by Crippen LogP contribution is 2.17. The average molecular weight is 445 g/mol. The molecule has 2 aromatic carbocycles. The van der Waals surface area contributed by atoms with E-state index in [1.165, 1.54) is 5.56 Å². The van der Waals surface area contributed by atoms with Gasteiger partial charge < -0.3 is 15.0 Å². The summed E-state index contributed by atoms with van der Waals surface area (Å²) in [6.45, 7) is 8.14. The number of ether oxygens (including phenoxy) is 1. The molecule has 0 radical (unpaired) electrons. The molecule has 0 aliphatic heterocycles. The van der Waals surface area contributed by atoms with Gasteiger partial charge in [0.1, 0.15) is 11.8 Å². The molecule has 2 amide bonds. The summed E-state index contributed by atoms with van der Waals surface area (Å²) in [7, 11) is 0. The zero-order valence-corrected chi connectivity index (χ0v) is 19.6. The highest BCUT2D eigenvalue weighted by molar-refractivity contribution is 6.30. The van der Waals surface area contributed by atoms with Crippen molar-refractivity contribution in [1.29, 1.82) is 0 Å². The summed E-state index contributed by atoms with van der Waals surface area (Å²) in [5, 5.41) is 3.63. The van der Waals surface area contributed by atoms with Crippen LogP contribution in [0.15, 0.2) is 48.5 Å². The third-order valence-corrected chi connectivity index (χ3v) is 5.60. The van der Waals surface area contributed by atoms with Crippen molar-refractivity contribution in [1.82, 2.24) is 10.2 Å². The molecule has 0 saturated carbocycles. The van der Waals surface area contributed by atoms with Crippen LogP contribution < -0.4 is 10.1 Å². The minimum Gasteiger partial charge on any atom is -0.484 e. The lowest BCUT2D eigenvalue weighted by atomic mass is 10.1. The maximum absolute atomic E-state index is 13.2. The van der Waals surface area contributed by atoms with E-state index in [0.29, 0.717) is 23.7 Å². The van der Waals surface area contributed by atoms with Crippen molar-refractivity contribution in [3.8, 4) is 5.75 Å². The van der Waals surface area contributed by atoms with Crippen molar-refractivity contribution in [2.75, 3.05) is 6.61 Å². The molecule has 0 saturated heterocycles. The first-order valence-electron chi connectivity index (χ1n) is 10.9. The zero-order valence-electron chi connectivity index (χ0n) is 18.9. The fraction of sp³-hybridized carbons (Fsp3) is 0.440.